The Morgan fingerprint density at radius 3 is 2.90 bits per heavy atom. The van der Waals surface area contributed by atoms with Crippen LogP contribution in [-0.4, -0.2) is 54.3 Å². The summed E-state index contributed by atoms with van der Waals surface area (Å²) in [4.78, 5) is 17.3. The van der Waals surface area contributed by atoms with Gasteiger partial charge >= 0.3 is 0 Å². The monoisotopic (exact) mass is 306 g/mol. The molecule has 2 saturated heterocycles. The molecule has 1 unspecified atom stereocenters. The lowest BCUT2D eigenvalue weighted by Gasteiger charge is -2.44. The molecule has 0 amide bonds. The molecular formula is C17H23ClN2O. The Morgan fingerprint density at radius 2 is 2.05 bits per heavy atom. The fraction of sp³-hybridized carbons (Fsp3) is 0.588. The number of hydrogen-bond donors (Lipinski definition) is 0. The van der Waals surface area contributed by atoms with Crippen LogP contribution in [0.3, 0.4) is 0 Å². The third-order valence-corrected chi connectivity index (χ3v) is 5.08. The van der Waals surface area contributed by atoms with Crippen LogP contribution in [-0.2, 0) is 0 Å². The summed E-state index contributed by atoms with van der Waals surface area (Å²) in [7, 11) is 0. The van der Waals surface area contributed by atoms with Crippen LogP contribution in [0, 0.1) is 0 Å². The van der Waals surface area contributed by atoms with Gasteiger partial charge in [-0.05, 0) is 31.5 Å². The normalized spacial score (nSPS) is 23.8. The lowest BCUT2D eigenvalue weighted by molar-refractivity contribution is 0.0480. The van der Waals surface area contributed by atoms with Crippen LogP contribution >= 0.6 is 11.6 Å². The van der Waals surface area contributed by atoms with E-state index in [-0.39, 0.29) is 5.78 Å². The molecule has 2 fully saturated rings. The zero-order valence-electron chi connectivity index (χ0n) is 12.4. The Hall–Kier alpha value is -0.900. The lowest BCUT2D eigenvalue weighted by Crippen LogP contribution is -2.54. The number of ketones is 1. The predicted molar refractivity (Wildman–Crippen MR) is 86.1 cm³/mol. The minimum Gasteiger partial charge on any atom is -0.300 e. The van der Waals surface area contributed by atoms with Gasteiger partial charge in [-0.1, -0.05) is 30.2 Å². The molecule has 1 aromatic rings. The second kappa shape index (κ2) is 6.91. The number of halogens is 1. The number of piperazine rings is 1. The minimum atomic E-state index is 0.159. The van der Waals surface area contributed by atoms with Gasteiger partial charge in [0, 0.05) is 44.2 Å². The molecular weight excluding hydrogens is 284 g/mol. The quantitative estimate of drug-likeness (QED) is 0.799. The van der Waals surface area contributed by atoms with Crippen LogP contribution in [0.1, 0.15) is 36.0 Å². The van der Waals surface area contributed by atoms with Gasteiger partial charge in [-0.15, -0.1) is 0 Å². The summed E-state index contributed by atoms with van der Waals surface area (Å²) in [5.74, 6) is 0.159. The summed E-state index contributed by atoms with van der Waals surface area (Å²) in [5, 5.41) is 0.569. The molecule has 0 saturated carbocycles. The van der Waals surface area contributed by atoms with Gasteiger partial charge in [0.2, 0.25) is 0 Å². The standard InChI is InChI=1S/C17H23ClN2O/c18-16-7-2-1-6-15(16)17(21)8-10-19-11-12-20-9-4-3-5-14(20)13-19/h1-2,6-7,14H,3-5,8-13H2. The highest BCUT2D eigenvalue weighted by molar-refractivity contribution is 6.33. The van der Waals surface area contributed by atoms with Gasteiger partial charge in [-0.25, -0.2) is 0 Å². The zero-order chi connectivity index (χ0) is 14.7. The predicted octanol–water partition coefficient (Wildman–Crippen LogP) is 3.08. The first-order chi connectivity index (χ1) is 10.2. The van der Waals surface area contributed by atoms with E-state index in [1.54, 1.807) is 6.07 Å². The molecule has 1 atom stereocenters. The molecule has 0 radical (unpaired) electrons. The molecule has 114 valence electrons. The molecule has 0 bridgehead atoms. The van der Waals surface area contributed by atoms with E-state index in [4.69, 9.17) is 11.6 Å². The van der Waals surface area contributed by atoms with Crippen LogP contribution in [0.25, 0.3) is 0 Å². The maximum absolute atomic E-state index is 12.3. The summed E-state index contributed by atoms with van der Waals surface area (Å²) in [6, 6.07) is 8.06. The fourth-order valence-electron chi connectivity index (χ4n) is 3.51. The Morgan fingerprint density at radius 1 is 1.19 bits per heavy atom. The molecule has 3 rings (SSSR count). The van der Waals surface area contributed by atoms with Gasteiger partial charge in [0.25, 0.3) is 0 Å². The van der Waals surface area contributed by atoms with Crippen LogP contribution in [0.5, 0.6) is 0 Å². The van der Waals surface area contributed by atoms with Crippen molar-refractivity contribution in [3.63, 3.8) is 0 Å². The van der Waals surface area contributed by atoms with Crippen molar-refractivity contribution in [3.8, 4) is 0 Å². The first kappa shape index (κ1) is 15.0. The second-order valence-electron chi connectivity index (χ2n) is 6.14. The van der Waals surface area contributed by atoms with Crippen molar-refractivity contribution in [2.45, 2.75) is 31.7 Å². The van der Waals surface area contributed by atoms with E-state index in [0.717, 1.165) is 26.2 Å². The molecule has 0 aromatic heterocycles. The topological polar surface area (TPSA) is 23.6 Å². The van der Waals surface area contributed by atoms with E-state index >= 15 is 0 Å². The number of benzene rings is 1. The first-order valence-electron chi connectivity index (χ1n) is 7.98. The van der Waals surface area contributed by atoms with E-state index < -0.39 is 0 Å². The Labute approximate surface area is 131 Å². The number of fused-ring (bicyclic) bond motifs is 1. The first-order valence-corrected chi connectivity index (χ1v) is 8.36. The second-order valence-corrected chi connectivity index (χ2v) is 6.55. The van der Waals surface area contributed by atoms with Gasteiger partial charge in [0.15, 0.2) is 5.78 Å². The minimum absolute atomic E-state index is 0.159. The molecule has 0 spiro atoms. The van der Waals surface area contributed by atoms with Gasteiger partial charge in [-0.2, -0.15) is 0 Å². The number of hydrogen-bond acceptors (Lipinski definition) is 3. The Balaban J connectivity index is 1.51. The van der Waals surface area contributed by atoms with Crippen LogP contribution in [0.15, 0.2) is 24.3 Å². The third-order valence-electron chi connectivity index (χ3n) is 4.75. The van der Waals surface area contributed by atoms with E-state index in [1.165, 1.54) is 25.8 Å². The van der Waals surface area contributed by atoms with E-state index in [0.29, 0.717) is 23.0 Å². The number of carbonyl (C=O) groups excluding carboxylic acids is 1. The van der Waals surface area contributed by atoms with Gasteiger partial charge < -0.3 is 4.90 Å². The lowest BCUT2D eigenvalue weighted by atomic mass is 9.99. The number of rotatable bonds is 4. The van der Waals surface area contributed by atoms with Crippen molar-refractivity contribution in [2.75, 3.05) is 32.7 Å². The largest absolute Gasteiger partial charge is 0.300 e. The Bertz CT molecular complexity index is 505. The molecule has 3 nitrogen and oxygen atoms in total. The highest BCUT2D eigenvalue weighted by Gasteiger charge is 2.28. The average molecular weight is 307 g/mol. The van der Waals surface area contributed by atoms with Crippen molar-refractivity contribution >= 4 is 17.4 Å². The van der Waals surface area contributed by atoms with Gasteiger partial charge in [0.05, 0.1) is 5.02 Å². The van der Waals surface area contributed by atoms with Gasteiger partial charge in [0.1, 0.15) is 0 Å². The molecule has 0 aliphatic carbocycles. The van der Waals surface area contributed by atoms with Crippen molar-refractivity contribution < 1.29 is 4.79 Å². The number of Topliss-reactive ketones (excluding diaryl/α,β-unsaturated/α-hetero) is 1. The van der Waals surface area contributed by atoms with E-state index in [1.807, 2.05) is 18.2 Å². The van der Waals surface area contributed by atoms with E-state index in [2.05, 4.69) is 9.80 Å². The Kier molecular flexibility index (Phi) is 4.94. The maximum atomic E-state index is 12.3. The summed E-state index contributed by atoms with van der Waals surface area (Å²) in [5.41, 5.74) is 0.662. The molecule has 4 heteroatoms. The highest BCUT2D eigenvalue weighted by atomic mass is 35.5. The molecule has 2 aliphatic rings. The zero-order valence-corrected chi connectivity index (χ0v) is 13.2. The summed E-state index contributed by atoms with van der Waals surface area (Å²) in [6.45, 7) is 5.48. The van der Waals surface area contributed by atoms with Crippen LogP contribution < -0.4 is 0 Å². The SMILES string of the molecule is O=C(CCN1CCN2CCCCC2C1)c1ccccc1Cl. The number of carbonyl (C=O) groups is 1. The van der Waals surface area contributed by atoms with Crippen molar-refractivity contribution in [1.29, 1.82) is 0 Å². The summed E-state index contributed by atoms with van der Waals surface area (Å²) < 4.78 is 0. The average Bonchev–Trinajstić information content (AvgIpc) is 2.53. The third kappa shape index (κ3) is 3.65. The highest BCUT2D eigenvalue weighted by Crippen LogP contribution is 2.22. The van der Waals surface area contributed by atoms with Crippen molar-refractivity contribution in [3.05, 3.63) is 34.9 Å². The van der Waals surface area contributed by atoms with Gasteiger partial charge in [-0.3, -0.25) is 9.69 Å². The van der Waals surface area contributed by atoms with Crippen LogP contribution in [0.4, 0.5) is 0 Å². The van der Waals surface area contributed by atoms with E-state index in [9.17, 15) is 4.79 Å². The smallest absolute Gasteiger partial charge is 0.165 e. The molecule has 2 heterocycles. The summed E-state index contributed by atoms with van der Waals surface area (Å²) >= 11 is 6.09. The molecule has 1 aromatic carbocycles. The van der Waals surface area contributed by atoms with Crippen LogP contribution in [0.2, 0.25) is 5.02 Å². The number of piperidine rings is 1. The maximum Gasteiger partial charge on any atom is 0.165 e. The summed E-state index contributed by atoms with van der Waals surface area (Å²) in [6.07, 6.45) is 4.58. The van der Waals surface area contributed by atoms with Crippen molar-refractivity contribution in [1.82, 2.24) is 9.80 Å². The fourth-order valence-corrected chi connectivity index (χ4v) is 3.75. The molecule has 0 N–H and O–H groups in total. The molecule has 2 aliphatic heterocycles. The molecule has 21 heavy (non-hydrogen) atoms. The number of nitrogens with zero attached hydrogens (tertiary/aromatic N) is 2. The van der Waals surface area contributed by atoms with Crippen molar-refractivity contribution in [2.24, 2.45) is 0 Å².